The van der Waals surface area contributed by atoms with Crippen molar-refractivity contribution in [3.05, 3.63) is 41.5 Å². The molecule has 2 heteroatoms. The number of fused-ring (bicyclic) bond motifs is 1. The third-order valence-electron chi connectivity index (χ3n) is 2.27. The van der Waals surface area contributed by atoms with Crippen LogP contribution in [-0.4, -0.2) is 6.04 Å². The van der Waals surface area contributed by atoms with Crippen molar-refractivity contribution in [2.24, 2.45) is 11.5 Å². The Morgan fingerprint density at radius 2 is 1.83 bits per heavy atom. The fourth-order valence-corrected chi connectivity index (χ4v) is 1.51. The summed E-state index contributed by atoms with van der Waals surface area (Å²) >= 11 is 0. The highest BCUT2D eigenvalue weighted by molar-refractivity contribution is 5.58. The largest absolute Gasteiger partial charge is 0.323 e. The third-order valence-corrected chi connectivity index (χ3v) is 2.27. The van der Waals surface area contributed by atoms with E-state index in [1.807, 2.05) is 30.4 Å². The van der Waals surface area contributed by atoms with Crippen molar-refractivity contribution < 1.29 is 0 Å². The van der Waals surface area contributed by atoms with Gasteiger partial charge in [-0.05, 0) is 11.1 Å². The molecule has 1 aliphatic carbocycles. The van der Waals surface area contributed by atoms with Gasteiger partial charge in [-0.15, -0.1) is 0 Å². The highest BCUT2D eigenvalue weighted by Gasteiger charge is 2.18. The number of hydrogen-bond donors (Lipinski definition) is 2. The van der Waals surface area contributed by atoms with Crippen LogP contribution in [0.4, 0.5) is 0 Å². The molecule has 0 saturated heterocycles. The van der Waals surface area contributed by atoms with Gasteiger partial charge in [0.15, 0.2) is 0 Å². The first-order valence-corrected chi connectivity index (χ1v) is 4.07. The van der Waals surface area contributed by atoms with Crippen molar-refractivity contribution in [2.45, 2.75) is 12.1 Å². The van der Waals surface area contributed by atoms with Crippen LogP contribution in [0.2, 0.25) is 0 Å². The lowest BCUT2D eigenvalue weighted by Gasteiger charge is -2.23. The highest BCUT2D eigenvalue weighted by atomic mass is 14.8. The van der Waals surface area contributed by atoms with Crippen molar-refractivity contribution in [2.75, 3.05) is 0 Å². The maximum atomic E-state index is 5.91. The lowest BCUT2D eigenvalue weighted by atomic mass is 9.90. The Kier molecular flexibility index (Phi) is 1.71. The van der Waals surface area contributed by atoms with Gasteiger partial charge in [-0.3, -0.25) is 0 Å². The standard InChI is InChI=1S/C10H12N2/c11-9-6-5-7-3-1-2-4-8(7)10(9)12/h1-6,9-10H,11-12H2/t9-,10?/m0/s1. The zero-order valence-electron chi connectivity index (χ0n) is 6.77. The van der Waals surface area contributed by atoms with Crippen LogP contribution >= 0.6 is 0 Å². The molecular weight excluding hydrogens is 148 g/mol. The number of nitrogens with two attached hydrogens (primary N) is 2. The Balaban J connectivity index is 2.52. The average molecular weight is 160 g/mol. The Morgan fingerprint density at radius 1 is 1.08 bits per heavy atom. The van der Waals surface area contributed by atoms with Gasteiger partial charge in [-0.25, -0.2) is 0 Å². The van der Waals surface area contributed by atoms with Crippen molar-refractivity contribution in [1.82, 2.24) is 0 Å². The summed E-state index contributed by atoms with van der Waals surface area (Å²) < 4.78 is 0. The first-order valence-electron chi connectivity index (χ1n) is 4.07. The summed E-state index contributed by atoms with van der Waals surface area (Å²) in [6.07, 6.45) is 3.98. The second-order valence-electron chi connectivity index (χ2n) is 3.09. The van der Waals surface area contributed by atoms with E-state index in [2.05, 4.69) is 6.07 Å². The van der Waals surface area contributed by atoms with Gasteiger partial charge in [0.2, 0.25) is 0 Å². The first kappa shape index (κ1) is 7.53. The van der Waals surface area contributed by atoms with E-state index in [-0.39, 0.29) is 12.1 Å². The van der Waals surface area contributed by atoms with Crippen molar-refractivity contribution in [3.8, 4) is 0 Å². The van der Waals surface area contributed by atoms with Gasteiger partial charge in [0.1, 0.15) is 0 Å². The van der Waals surface area contributed by atoms with Gasteiger partial charge >= 0.3 is 0 Å². The molecule has 0 heterocycles. The van der Waals surface area contributed by atoms with Crippen molar-refractivity contribution >= 4 is 6.08 Å². The Bertz CT molecular complexity index is 317. The minimum Gasteiger partial charge on any atom is -0.323 e. The van der Waals surface area contributed by atoms with Crippen LogP contribution in [0.25, 0.3) is 6.08 Å². The van der Waals surface area contributed by atoms with E-state index in [0.29, 0.717) is 0 Å². The van der Waals surface area contributed by atoms with Crippen LogP contribution < -0.4 is 11.5 Å². The maximum absolute atomic E-state index is 5.91. The quantitative estimate of drug-likeness (QED) is 0.595. The maximum Gasteiger partial charge on any atom is 0.0491 e. The van der Waals surface area contributed by atoms with Crippen LogP contribution in [0, 0.1) is 0 Å². The molecule has 2 nitrogen and oxygen atoms in total. The van der Waals surface area contributed by atoms with E-state index in [4.69, 9.17) is 11.5 Å². The predicted octanol–water partition coefficient (Wildman–Crippen LogP) is 1.04. The molecular formula is C10H12N2. The lowest BCUT2D eigenvalue weighted by molar-refractivity contribution is 0.630. The van der Waals surface area contributed by atoms with Gasteiger partial charge in [-0.1, -0.05) is 36.4 Å². The van der Waals surface area contributed by atoms with Gasteiger partial charge in [0.05, 0.1) is 0 Å². The van der Waals surface area contributed by atoms with E-state index in [1.165, 1.54) is 5.56 Å². The molecule has 0 bridgehead atoms. The molecule has 1 unspecified atom stereocenters. The zero-order chi connectivity index (χ0) is 8.55. The summed E-state index contributed by atoms with van der Waals surface area (Å²) in [5, 5.41) is 0. The monoisotopic (exact) mass is 160 g/mol. The molecule has 0 aromatic heterocycles. The molecule has 1 aromatic rings. The summed E-state index contributed by atoms with van der Waals surface area (Å²) in [6.45, 7) is 0. The summed E-state index contributed by atoms with van der Waals surface area (Å²) in [7, 11) is 0. The van der Waals surface area contributed by atoms with Crippen molar-refractivity contribution in [1.29, 1.82) is 0 Å². The Morgan fingerprint density at radius 3 is 2.67 bits per heavy atom. The van der Waals surface area contributed by atoms with Crippen molar-refractivity contribution in [3.63, 3.8) is 0 Å². The number of hydrogen-bond acceptors (Lipinski definition) is 2. The van der Waals surface area contributed by atoms with E-state index in [9.17, 15) is 0 Å². The molecule has 1 aliphatic rings. The van der Waals surface area contributed by atoms with Gasteiger partial charge < -0.3 is 11.5 Å². The average Bonchev–Trinajstić information content (AvgIpc) is 2.12. The minimum absolute atomic E-state index is 0.0418. The Hall–Kier alpha value is -1.12. The van der Waals surface area contributed by atoms with Gasteiger partial charge in [0.25, 0.3) is 0 Å². The predicted molar refractivity (Wildman–Crippen MR) is 50.4 cm³/mol. The number of benzene rings is 1. The molecule has 0 spiro atoms. The van der Waals surface area contributed by atoms with E-state index in [1.54, 1.807) is 0 Å². The van der Waals surface area contributed by atoms with Crippen LogP contribution in [0.3, 0.4) is 0 Å². The van der Waals surface area contributed by atoms with Gasteiger partial charge in [-0.2, -0.15) is 0 Å². The molecule has 1 aromatic carbocycles. The summed E-state index contributed by atoms with van der Waals surface area (Å²) in [6, 6.07) is 7.99. The molecule has 12 heavy (non-hydrogen) atoms. The summed E-state index contributed by atoms with van der Waals surface area (Å²) in [5.41, 5.74) is 14.0. The van der Waals surface area contributed by atoms with Gasteiger partial charge in [0, 0.05) is 12.1 Å². The molecule has 2 rings (SSSR count). The van der Waals surface area contributed by atoms with E-state index >= 15 is 0 Å². The second kappa shape index (κ2) is 2.73. The van der Waals surface area contributed by atoms with E-state index in [0.717, 1.165) is 5.56 Å². The van der Waals surface area contributed by atoms with E-state index < -0.39 is 0 Å². The Labute approximate surface area is 71.9 Å². The van der Waals surface area contributed by atoms with Crippen LogP contribution in [0.15, 0.2) is 30.3 Å². The molecule has 0 aliphatic heterocycles. The summed E-state index contributed by atoms with van der Waals surface area (Å²) in [4.78, 5) is 0. The molecule has 2 atom stereocenters. The first-order chi connectivity index (χ1) is 5.79. The molecule has 0 amide bonds. The zero-order valence-corrected chi connectivity index (χ0v) is 6.77. The molecule has 0 radical (unpaired) electrons. The summed E-state index contributed by atoms with van der Waals surface area (Å²) in [5.74, 6) is 0. The molecule has 0 saturated carbocycles. The van der Waals surface area contributed by atoms with Crippen LogP contribution in [0.1, 0.15) is 17.2 Å². The fourth-order valence-electron chi connectivity index (χ4n) is 1.51. The fraction of sp³-hybridized carbons (Fsp3) is 0.200. The number of rotatable bonds is 0. The molecule has 0 fully saturated rings. The topological polar surface area (TPSA) is 52.0 Å². The lowest BCUT2D eigenvalue weighted by Crippen LogP contribution is -2.34. The third kappa shape index (κ3) is 1.05. The highest BCUT2D eigenvalue weighted by Crippen LogP contribution is 2.24. The van der Waals surface area contributed by atoms with Crippen LogP contribution in [-0.2, 0) is 0 Å². The molecule has 62 valence electrons. The second-order valence-corrected chi connectivity index (χ2v) is 3.09. The SMILES string of the molecule is NC1c2ccccc2C=C[C@@H]1N. The normalized spacial score (nSPS) is 26.8. The molecule has 4 N–H and O–H groups in total. The van der Waals surface area contributed by atoms with Crippen LogP contribution in [0.5, 0.6) is 0 Å². The minimum atomic E-state index is -0.0498. The smallest absolute Gasteiger partial charge is 0.0491 e.